The van der Waals surface area contributed by atoms with Crippen LogP contribution in [0.25, 0.3) is 10.9 Å². The van der Waals surface area contributed by atoms with E-state index in [0.29, 0.717) is 24.7 Å². The van der Waals surface area contributed by atoms with E-state index in [1.54, 1.807) is 7.11 Å². The van der Waals surface area contributed by atoms with Crippen LogP contribution in [0.15, 0.2) is 48.5 Å². The molecule has 0 aliphatic rings. The van der Waals surface area contributed by atoms with E-state index in [0.717, 1.165) is 28.8 Å². The SMILES string of the molecule is CCn1c(C(=O)O)c(CNCC(C)c2ccccc2)c2ccc(OC)cc21. The lowest BCUT2D eigenvalue weighted by molar-refractivity contribution is 0.0684. The first-order chi connectivity index (χ1) is 13.1. The Kier molecular flexibility index (Phi) is 5.81. The molecule has 0 amide bonds. The summed E-state index contributed by atoms with van der Waals surface area (Å²) in [6.07, 6.45) is 0. The molecule has 5 heteroatoms. The van der Waals surface area contributed by atoms with Gasteiger partial charge in [-0.25, -0.2) is 4.79 Å². The molecule has 1 unspecified atom stereocenters. The van der Waals surface area contributed by atoms with Gasteiger partial charge in [0.1, 0.15) is 11.4 Å². The number of aromatic nitrogens is 1. The molecule has 142 valence electrons. The Morgan fingerprint density at radius 1 is 1.22 bits per heavy atom. The highest BCUT2D eigenvalue weighted by atomic mass is 16.5. The zero-order valence-corrected chi connectivity index (χ0v) is 16.0. The van der Waals surface area contributed by atoms with Crippen LogP contribution in [0.5, 0.6) is 5.75 Å². The summed E-state index contributed by atoms with van der Waals surface area (Å²) in [6, 6.07) is 16.0. The van der Waals surface area contributed by atoms with Crippen molar-refractivity contribution in [3.05, 3.63) is 65.4 Å². The molecule has 0 fully saturated rings. The van der Waals surface area contributed by atoms with Crippen LogP contribution in [-0.4, -0.2) is 29.3 Å². The number of fused-ring (bicyclic) bond motifs is 1. The number of ether oxygens (including phenoxy) is 1. The van der Waals surface area contributed by atoms with Crippen molar-refractivity contribution in [2.45, 2.75) is 32.9 Å². The fraction of sp³-hybridized carbons (Fsp3) is 0.318. The summed E-state index contributed by atoms with van der Waals surface area (Å²) in [5, 5.41) is 14.2. The zero-order valence-electron chi connectivity index (χ0n) is 16.0. The number of carboxylic acids is 1. The Morgan fingerprint density at radius 3 is 2.59 bits per heavy atom. The van der Waals surface area contributed by atoms with Gasteiger partial charge in [-0.05, 0) is 30.5 Å². The number of aromatic carboxylic acids is 1. The topological polar surface area (TPSA) is 63.5 Å². The van der Waals surface area contributed by atoms with Gasteiger partial charge in [0.05, 0.1) is 12.6 Å². The predicted molar refractivity (Wildman–Crippen MR) is 108 cm³/mol. The number of hydrogen-bond donors (Lipinski definition) is 2. The molecule has 2 N–H and O–H groups in total. The van der Waals surface area contributed by atoms with Crippen LogP contribution in [0.3, 0.4) is 0 Å². The molecule has 0 spiro atoms. The normalized spacial score (nSPS) is 12.3. The van der Waals surface area contributed by atoms with E-state index < -0.39 is 5.97 Å². The molecule has 0 saturated carbocycles. The van der Waals surface area contributed by atoms with E-state index in [4.69, 9.17) is 4.74 Å². The lowest BCUT2D eigenvalue weighted by atomic mass is 10.0. The second-order valence-electron chi connectivity index (χ2n) is 6.70. The van der Waals surface area contributed by atoms with E-state index in [1.165, 1.54) is 5.56 Å². The molecule has 2 aromatic carbocycles. The van der Waals surface area contributed by atoms with Gasteiger partial charge in [0.15, 0.2) is 0 Å². The van der Waals surface area contributed by atoms with Crippen molar-refractivity contribution >= 4 is 16.9 Å². The number of nitrogens with one attached hydrogen (secondary N) is 1. The Bertz CT molecular complexity index is 932. The van der Waals surface area contributed by atoms with Gasteiger partial charge in [0.25, 0.3) is 0 Å². The summed E-state index contributed by atoms with van der Waals surface area (Å²) in [6.45, 7) is 6.00. The highest BCUT2D eigenvalue weighted by Gasteiger charge is 2.22. The van der Waals surface area contributed by atoms with Crippen molar-refractivity contribution < 1.29 is 14.6 Å². The number of benzene rings is 2. The van der Waals surface area contributed by atoms with Crippen molar-refractivity contribution in [1.82, 2.24) is 9.88 Å². The quantitative estimate of drug-likeness (QED) is 0.625. The number of methoxy groups -OCH3 is 1. The van der Waals surface area contributed by atoms with Gasteiger partial charge in [-0.1, -0.05) is 37.3 Å². The molecule has 3 rings (SSSR count). The number of hydrogen-bond acceptors (Lipinski definition) is 3. The molecular weight excluding hydrogens is 340 g/mol. The predicted octanol–water partition coefficient (Wildman–Crippen LogP) is 4.26. The van der Waals surface area contributed by atoms with Crippen LogP contribution in [0.4, 0.5) is 0 Å². The Balaban J connectivity index is 1.89. The monoisotopic (exact) mass is 366 g/mol. The minimum absolute atomic E-state index is 0.346. The molecular formula is C22H26N2O3. The van der Waals surface area contributed by atoms with E-state index in [9.17, 15) is 9.90 Å². The average Bonchev–Trinajstić information content (AvgIpc) is 3.01. The largest absolute Gasteiger partial charge is 0.497 e. The van der Waals surface area contributed by atoms with E-state index in [2.05, 4.69) is 24.4 Å². The Labute approximate surface area is 159 Å². The molecule has 5 nitrogen and oxygen atoms in total. The molecule has 3 aromatic rings. The third kappa shape index (κ3) is 3.83. The van der Waals surface area contributed by atoms with Gasteiger partial charge in [-0.15, -0.1) is 0 Å². The second kappa shape index (κ2) is 8.27. The molecule has 0 saturated heterocycles. The Morgan fingerprint density at radius 2 is 1.96 bits per heavy atom. The Hall–Kier alpha value is -2.79. The number of nitrogens with zero attached hydrogens (tertiary/aromatic N) is 1. The molecule has 0 bridgehead atoms. The van der Waals surface area contributed by atoms with Crippen LogP contribution in [0, 0.1) is 0 Å². The third-order valence-corrected chi connectivity index (χ3v) is 5.02. The minimum Gasteiger partial charge on any atom is -0.497 e. The maximum absolute atomic E-state index is 12.0. The second-order valence-corrected chi connectivity index (χ2v) is 6.70. The average molecular weight is 366 g/mol. The molecule has 0 aliphatic carbocycles. The molecule has 0 aliphatic heterocycles. The first-order valence-corrected chi connectivity index (χ1v) is 9.24. The van der Waals surface area contributed by atoms with Crippen molar-refractivity contribution in [3.63, 3.8) is 0 Å². The van der Waals surface area contributed by atoms with Gasteiger partial charge in [0, 0.05) is 36.7 Å². The van der Waals surface area contributed by atoms with Crippen molar-refractivity contribution in [2.75, 3.05) is 13.7 Å². The first-order valence-electron chi connectivity index (χ1n) is 9.24. The summed E-state index contributed by atoms with van der Waals surface area (Å²) < 4.78 is 7.16. The highest BCUT2D eigenvalue weighted by Crippen LogP contribution is 2.30. The molecule has 1 aromatic heterocycles. The fourth-order valence-corrected chi connectivity index (χ4v) is 3.59. The van der Waals surface area contributed by atoms with Gasteiger partial charge in [-0.2, -0.15) is 0 Å². The summed E-state index contributed by atoms with van der Waals surface area (Å²) in [7, 11) is 1.62. The molecule has 1 atom stereocenters. The van der Waals surface area contributed by atoms with Crippen LogP contribution in [0.2, 0.25) is 0 Å². The van der Waals surface area contributed by atoms with Crippen molar-refractivity contribution in [3.8, 4) is 5.75 Å². The molecule has 0 radical (unpaired) electrons. The van der Waals surface area contributed by atoms with E-state index in [-0.39, 0.29) is 0 Å². The summed E-state index contributed by atoms with van der Waals surface area (Å²) in [4.78, 5) is 12.0. The van der Waals surface area contributed by atoms with Gasteiger partial charge in [0.2, 0.25) is 0 Å². The molecule has 27 heavy (non-hydrogen) atoms. The summed E-state index contributed by atoms with van der Waals surface area (Å²) >= 11 is 0. The smallest absolute Gasteiger partial charge is 0.352 e. The van der Waals surface area contributed by atoms with E-state index in [1.807, 2.05) is 47.9 Å². The van der Waals surface area contributed by atoms with Gasteiger partial charge < -0.3 is 19.7 Å². The fourth-order valence-electron chi connectivity index (χ4n) is 3.59. The standard InChI is InChI=1S/C22H26N2O3/c1-4-24-20-12-17(27-3)10-11-18(20)19(21(24)22(25)26)14-23-13-15(2)16-8-6-5-7-9-16/h5-12,15,23H,4,13-14H2,1-3H3,(H,25,26). The number of carboxylic acid groups (broad SMARTS) is 1. The number of aryl methyl sites for hydroxylation is 1. The van der Waals surface area contributed by atoms with Gasteiger partial charge >= 0.3 is 5.97 Å². The number of carbonyl (C=O) groups is 1. The van der Waals surface area contributed by atoms with Crippen molar-refractivity contribution in [1.29, 1.82) is 0 Å². The summed E-state index contributed by atoms with van der Waals surface area (Å²) in [5.41, 5.74) is 3.33. The zero-order chi connectivity index (χ0) is 19.4. The molecule has 1 heterocycles. The third-order valence-electron chi connectivity index (χ3n) is 5.02. The highest BCUT2D eigenvalue weighted by molar-refractivity contribution is 5.98. The van der Waals surface area contributed by atoms with Gasteiger partial charge in [-0.3, -0.25) is 0 Å². The van der Waals surface area contributed by atoms with Crippen LogP contribution >= 0.6 is 0 Å². The maximum atomic E-state index is 12.0. The van der Waals surface area contributed by atoms with Crippen LogP contribution < -0.4 is 10.1 Å². The maximum Gasteiger partial charge on any atom is 0.352 e. The lowest BCUT2D eigenvalue weighted by Gasteiger charge is -2.13. The van der Waals surface area contributed by atoms with Crippen LogP contribution in [-0.2, 0) is 13.1 Å². The lowest BCUT2D eigenvalue weighted by Crippen LogP contribution is -2.21. The van der Waals surface area contributed by atoms with Crippen molar-refractivity contribution in [2.24, 2.45) is 0 Å². The van der Waals surface area contributed by atoms with E-state index >= 15 is 0 Å². The minimum atomic E-state index is -0.903. The first kappa shape index (κ1) is 19.0. The summed E-state index contributed by atoms with van der Waals surface area (Å²) in [5.74, 6) is 0.169. The number of rotatable bonds is 8. The van der Waals surface area contributed by atoms with Crippen LogP contribution in [0.1, 0.15) is 41.4 Å².